The van der Waals surface area contributed by atoms with Crippen LogP contribution in [0.4, 0.5) is 0 Å². The molecule has 0 fully saturated rings. The van der Waals surface area contributed by atoms with Gasteiger partial charge >= 0.3 is 5.97 Å². The number of aryl methyl sites for hydroxylation is 1. The Bertz CT molecular complexity index is 958. The average Bonchev–Trinajstić information content (AvgIpc) is 3.18. The molecular formula is C22H20O4S. The molecule has 0 aliphatic heterocycles. The summed E-state index contributed by atoms with van der Waals surface area (Å²) in [5.41, 5.74) is 3.21. The van der Waals surface area contributed by atoms with Crippen molar-refractivity contribution in [3.8, 4) is 11.5 Å². The number of carboxylic acids is 1. The number of methoxy groups -OCH3 is 1. The zero-order valence-corrected chi connectivity index (χ0v) is 16.0. The van der Waals surface area contributed by atoms with Gasteiger partial charge in [-0.15, -0.1) is 11.3 Å². The van der Waals surface area contributed by atoms with Crippen LogP contribution in [0.1, 0.15) is 21.6 Å². The number of hydrogen-bond acceptors (Lipinski definition) is 4. The van der Waals surface area contributed by atoms with E-state index in [9.17, 15) is 9.90 Å². The first-order valence-electron chi connectivity index (χ1n) is 8.42. The van der Waals surface area contributed by atoms with Crippen molar-refractivity contribution in [1.29, 1.82) is 0 Å². The molecule has 0 atom stereocenters. The third-order valence-corrected chi connectivity index (χ3v) is 4.90. The minimum atomic E-state index is -0.963. The highest BCUT2D eigenvalue weighted by molar-refractivity contribution is 7.11. The smallest absolute Gasteiger partial charge is 0.337 e. The Kier molecular flexibility index (Phi) is 5.94. The normalized spacial score (nSPS) is 11.3. The Morgan fingerprint density at radius 1 is 1.11 bits per heavy atom. The molecule has 1 heterocycles. The lowest BCUT2D eigenvalue weighted by atomic mass is 10.1. The number of carbonyl (C=O) groups is 1. The Hall–Kier alpha value is -3.05. The van der Waals surface area contributed by atoms with E-state index in [0.29, 0.717) is 23.0 Å². The van der Waals surface area contributed by atoms with Crippen LogP contribution < -0.4 is 9.47 Å². The molecule has 0 amide bonds. The van der Waals surface area contributed by atoms with Crippen molar-refractivity contribution >= 4 is 29.0 Å². The van der Waals surface area contributed by atoms with E-state index >= 15 is 0 Å². The van der Waals surface area contributed by atoms with E-state index in [1.165, 1.54) is 16.9 Å². The lowest BCUT2D eigenvalue weighted by Crippen LogP contribution is -1.99. The van der Waals surface area contributed by atoms with Gasteiger partial charge in [-0.1, -0.05) is 42.0 Å². The van der Waals surface area contributed by atoms with Gasteiger partial charge in [0.2, 0.25) is 0 Å². The molecule has 3 aromatic rings. The molecule has 0 saturated carbocycles. The predicted octanol–water partition coefficient (Wildman–Crippen LogP) is 5.27. The highest BCUT2D eigenvalue weighted by Crippen LogP contribution is 2.31. The summed E-state index contributed by atoms with van der Waals surface area (Å²) < 4.78 is 11.3. The summed E-state index contributed by atoms with van der Waals surface area (Å²) in [6.07, 6.45) is 1.65. The van der Waals surface area contributed by atoms with Crippen LogP contribution >= 0.6 is 11.3 Å². The molecule has 3 rings (SSSR count). The average molecular weight is 380 g/mol. The largest absolute Gasteiger partial charge is 0.493 e. The van der Waals surface area contributed by atoms with Gasteiger partial charge < -0.3 is 14.6 Å². The van der Waals surface area contributed by atoms with Crippen molar-refractivity contribution in [3.05, 3.63) is 81.5 Å². The molecule has 0 spiro atoms. The maximum absolute atomic E-state index is 11.6. The fraction of sp³-hybridized carbons (Fsp3) is 0.136. The summed E-state index contributed by atoms with van der Waals surface area (Å²) in [4.78, 5) is 12.3. The van der Waals surface area contributed by atoms with Gasteiger partial charge in [0.15, 0.2) is 11.5 Å². The molecule has 5 heteroatoms. The minimum absolute atomic E-state index is 0.250. The van der Waals surface area contributed by atoms with Crippen LogP contribution in [0.5, 0.6) is 11.5 Å². The molecule has 0 aliphatic rings. The van der Waals surface area contributed by atoms with Crippen LogP contribution in [0, 0.1) is 6.92 Å². The molecule has 1 N–H and O–H groups in total. The Balaban J connectivity index is 1.88. The topological polar surface area (TPSA) is 55.8 Å². The molecule has 0 unspecified atom stereocenters. The first kappa shape index (κ1) is 18.7. The van der Waals surface area contributed by atoms with Gasteiger partial charge in [0.25, 0.3) is 0 Å². The zero-order valence-electron chi connectivity index (χ0n) is 15.1. The van der Waals surface area contributed by atoms with Gasteiger partial charge in [-0.05, 0) is 47.7 Å². The van der Waals surface area contributed by atoms with Crippen molar-refractivity contribution in [2.24, 2.45) is 0 Å². The van der Waals surface area contributed by atoms with Crippen LogP contribution in [0.25, 0.3) is 11.6 Å². The van der Waals surface area contributed by atoms with E-state index < -0.39 is 5.97 Å². The van der Waals surface area contributed by atoms with E-state index in [1.807, 2.05) is 42.6 Å². The van der Waals surface area contributed by atoms with Crippen molar-refractivity contribution in [1.82, 2.24) is 0 Å². The second-order valence-corrected chi connectivity index (χ2v) is 6.98. The van der Waals surface area contributed by atoms with E-state index in [2.05, 4.69) is 6.07 Å². The van der Waals surface area contributed by atoms with Crippen molar-refractivity contribution < 1.29 is 19.4 Å². The lowest BCUT2D eigenvalue weighted by molar-refractivity contribution is -0.130. The number of benzene rings is 2. The first-order valence-corrected chi connectivity index (χ1v) is 9.30. The van der Waals surface area contributed by atoms with Gasteiger partial charge in [-0.2, -0.15) is 0 Å². The molecule has 27 heavy (non-hydrogen) atoms. The summed E-state index contributed by atoms with van der Waals surface area (Å²) in [6.45, 7) is 2.44. The first-order chi connectivity index (χ1) is 13.1. The summed E-state index contributed by atoms with van der Waals surface area (Å²) in [5, 5.41) is 11.4. The Morgan fingerprint density at radius 3 is 2.63 bits per heavy atom. The monoisotopic (exact) mass is 380 g/mol. The molecule has 1 aromatic heterocycles. The Labute approximate surface area is 162 Å². The summed E-state index contributed by atoms with van der Waals surface area (Å²) >= 11 is 1.39. The second kappa shape index (κ2) is 8.56. The quantitative estimate of drug-likeness (QED) is 0.567. The van der Waals surface area contributed by atoms with Gasteiger partial charge in [-0.3, -0.25) is 0 Å². The van der Waals surface area contributed by atoms with Gasteiger partial charge in [0.05, 0.1) is 12.7 Å². The molecular weight excluding hydrogens is 360 g/mol. The highest BCUT2D eigenvalue weighted by atomic mass is 32.1. The third kappa shape index (κ3) is 4.77. The molecule has 0 aliphatic carbocycles. The SMILES string of the molecule is COc1ccc(/C=C(\C(=O)O)c2cccs2)cc1OCc1cccc(C)c1. The van der Waals surface area contributed by atoms with Gasteiger partial charge in [0.1, 0.15) is 6.61 Å². The fourth-order valence-corrected chi connectivity index (χ4v) is 3.43. The predicted molar refractivity (Wildman–Crippen MR) is 108 cm³/mol. The third-order valence-electron chi connectivity index (χ3n) is 3.99. The minimum Gasteiger partial charge on any atom is -0.493 e. The van der Waals surface area contributed by atoms with Gasteiger partial charge in [-0.25, -0.2) is 4.79 Å². The number of rotatable bonds is 7. The van der Waals surface area contributed by atoms with Crippen molar-refractivity contribution in [2.75, 3.05) is 7.11 Å². The molecule has 0 saturated heterocycles. The maximum Gasteiger partial charge on any atom is 0.337 e. The molecule has 0 radical (unpaired) electrons. The van der Waals surface area contributed by atoms with Crippen LogP contribution in [-0.4, -0.2) is 18.2 Å². The standard InChI is InChI=1S/C22H20O4S/c1-15-5-3-6-17(11-15)14-26-20-13-16(8-9-19(20)25-2)12-18(22(23)24)21-7-4-10-27-21/h3-13H,14H2,1-2H3,(H,23,24)/b18-12-. The van der Waals surface area contributed by atoms with Crippen LogP contribution in [0.15, 0.2) is 60.0 Å². The van der Waals surface area contributed by atoms with E-state index in [1.54, 1.807) is 31.4 Å². The molecule has 4 nitrogen and oxygen atoms in total. The molecule has 2 aromatic carbocycles. The second-order valence-electron chi connectivity index (χ2n) is 6.03. The number of thiophene rings is 1. The Morgan fingerprint density at radius 2 is 1.96 bits per heavy atom. The summed E-state index contributed by atoms with van der Waals surface area (Å²) in [5.74, 6) is 0.215. The highest BCUT2D eigenvalue weighted by Gasteiger charge is 2.13. The van der Waals surface area contributed by atoms with E-state index in [-0.39, 0.29) is 5.57 Å². The van der Waals surface area contributed by atoms with E-state index in [4.69, 9.17) is 9.47 Å². The van der Waals surface area contributed by atoms with Gasteiger partial charge in [0, 0.05) is 4.88 Å². The van der Waals surface area contributed by atoms with E-state index in [0.717, 1.165) is 11.1 Å². The number of aliphatic carboxylic acids is 1. The molecule has 0 bridgehead atoms. The van der Waals surface area contributed by atoms with Crippen molar-refractivity contribution in [3.63, 3.8) is 0 Å². The van der Waals surface area contributed by atoms with Crippen LogP contribution in [-0.2, 0) is 11.4 Å². The lowest BCUT2D eigenvalue weighted by Gasteiger charge is -2.12. The fourth-order valence-electron chi connectivity index (χ4n) is 2.70. The number of hydrogen-bond donors (Lipinski definition) is 1. The summed E-state index contributed by atoms with van der Waals surface area (Å²) in [6, 6.07) is 17.1. The molecule has 138 valence electrons. The van der Waals surface area contributed by atoms with Crippen LogP contribution in [0.2, 0.25) is 0 Å². The zero-order chi connectivity index (χ0) is 19.2. The van der Waals surface area contributed by atoms with Crippen LogP contribution in [0.3, 0.4) is 0 Å². The number of carboxylic acid groups (broad SMARTS) is 1. The van der Waals surface area contributed by atoms with Crippen molar-refractivity contribution in [2.45, 2.75) is 13.5 Å². The maximum atomic E-state index is 11.6. The number of ether oxygens (including phenoxy) is 2. The summed E-state index contributed by atoms with van der Waals surface area (Å²) in [7, 11) is 1.58.